The molecule has 0 unspecified atom stereocenters. The first-order valence-electron chi connectivity index (χ1n) is 9.50. The zero-order valence-electron chi connectivity index (χ0n) is 16.6. The number of thiophene rings is 1. The number of hydrogen-bond donors (Lipinski definition) is 0. The summed E-state index contributed by atoms with van der Waals surface area (Å²) >= 11 is 1.79. The number of aryl methyl sites for hydroxylation is 2. The molecule has 0 aliphatic heterocycles. The van der Waals surface area contributed by atoms with E-state index in [4.69, 9.17) is 10.8 Å². The molecule has 0 saturated heterocycles. The highest BCUT2D eigenvalue weighted by Gasteiger charge is 2.18. The van der Waals surface area contributed by atoms with Crippen LogP contribution in [0.15, 0.2) is 71.0 Å². The molecule has 29 heavy (non-hydrogen) atoms. The summed E-state index contributed by atoms with van der Waals surface area (Å²) in [7, 11) is 0. The molecule has 0 saturated carbocycles. The van der Waals surface area contributed by atoms with Gasteiger partial charge >= 0.3 is 0 Å². The van der Waals surface area contributed by atoms with E-state index in [1.807, 2.05) is 18.2 Å². The second kappa shape index (κ2) is 7.97. The van der Waals surface area contributed by atoms with Gasteiger partial charge in [-0.15, -0.1) is 23.5 Å². The zero-order chi connectivity index (χ0) is 20.4. The third kappa shape index (κ3) is 3.82. The van der Waals surface area contributed by atoms with Gasteiger partial charge < -0.3 is 4.42 Å². The highest BCUT2D eigenvalue weighted by Crippen LogP contribution is 2.40. The van der Waals surface area contributed by atoms with Crippen molar-refractivity contribution in [1.29, 1.82) is 0 Å². The number of benzene rings is 1. The van der Waals surface area contributed by atoms with Crippen molar-refractivity contribution < 1.29 is 4.42 Å². The predicted octanol–water partition coefficient (Wildman–Crippen LogP) is 7.18. The fraction of sp³-hybridized carbons (Fsp3) is 0.154. The lowest BCUT2D eigenvalue weighted by Gasteiger charge is -2.04. The molecule has 0 atom stereocenters. The summed E-state index contributed by atoms with van der Waals surface area (Å²) in [4.78, 5) is 6.71. The second-order valence-electron chi connectivity index (χ2n) is 7.05. The summed E-state index contributed by atoms with van der Waals surface area (Å²) in [5.74, 6) is 3.62. The zero-order valence-corrected chi connectivity index (χ0v) is 17.4. The van der Waals surface area contributed by atoms with Crippen LogP contribution in [-0.4, -0.2) is 4.98 Å². The van der Waals surface area contributed by atoms with Crippen molar-refractivity contribution in [1.82, 2.24) is 4.98 Å². The molecule has 0 radical (unpaired) electrons. The molecule has 0 amide bonds. The fourth-order valence-corrected chi connectivity index (χ4v) is 4.37. The second-order valence-corrected chi connectivity index (χ2v) is 8.34. The molecule has 0 aliphatic rings. The number of rotatable bonds is 5. The first-order chi connectivity index (χ1) is 14.1. The van der Waals surface area contributed by atoms with Gasteiger partial charge in [0.05, 0.1) is 0 Å². The molecule has 0 bridgehead atoms. The van der Waals surface area contributed by atoms with E-state index in [2.05, 4.69) is 61.3 Å². The smallest absolute Gasteiger partial charge is 0.135 e. The lowest BCUT2D eigenvalue weighted by atomic mass is 10.00. The highest BCUT2D eigenvalue weighted by atomic mass is 32.1. The van der Waals surface area contributed by atoms with Gasteiger partial charge in [0.25, 0.3) is 0 Å². The minimum absolute atomic E-state index is 0.635. The van der Waals surface area contributed by atoms with E-state index in [1.165, 1.54) is 15.3 Å². The Labute approximate surface area is 175 Å². The molecule has 0 spiro atoms. The molecule has 3 heteroatoms. The van der Waals surface area contributed by atoms with Gasteiger partial charge in [0.1, 0.15) is 17.0 Å². The Morgan fingerprint density at radius 1 is 1.17 bits per heavy atom. The van der Waals surface area contributed by atoms with Crippen LogP contribution in [0.4, 0.5) is 0 Å². The van der Waals surface area contributed by atoms with Crippen LogP contribution in [0.1, 0.15) is 29.7 Å². The number of fused-ring (bicyclic) bond motifs is 1. The molecule has 3 heterocycles. The minimum atomic E-state index is 0.635. The highest BCUT2D eigenvalue weighted by molar-refractivity contribution is 7.15. The van der Waals surface area contributed by atoms with Crippen molar-refractivity contribution in [2.75, 3.05) is 0 Å². The molecule has 1 aromatic carbocycles. The summed E-state index contributed by atoms with van der Waals surface area (Å²) in [5, 5.41) is 1.12. The largest absolute Gasteiger partial charge is 0.460 e. The van der Waals surface area contributed by atoms with Crippen LogP contribution in [0.5, 0.6) is 0 Å². The maximum atomic E-state index is 6.29. The summed E-state index contributed by atoms with van der Waals surface area (Å²) in [6, 6.07) is 14.6. The Kier molecular flexibility index (Phi) is 5.23. The molecule has 3 aromatic heterocycles. The average molecular weight is 396 g/mol. The van der Waals surface area contributed by atoms with E-state index in [-0.39, 0.29) is 0 Å². The van der Waals surface area contributed by atoms with E-state index in [0.29, 0.717) is 5.69 Å². The number of furan rings is 1. The first-order valence-corrected chi connectivity index (χ1v) is 10.3. The number of allylic oxidation sites excluding steroid dienone is 1. The normalized spacial score (nSPS) is 10.7. The molecule has 0 aliphatic carbocycles. The van der Waals surface area contributed by atoms with Gasteiger partial charge in [-0.3, -0.25) is 0 Å². The third-order valence-corrected chi connectivity index (χ3v) is 6.04. The fourth-order valence-electron chi connectivity index (χ4n) is 3.42. The van der Waals surface area contributed by atoms with Crippen molar-refractivity contribution >= 4 is 22.3 Å². The van der Waals surface area contributed by atoms with E-state index >= 15 is 0 Å². The van der Waals surface area contributed by atoms with Gasteiger partial charge in [-0.25, -0.2) is 4.98 Å². The summed E-state index contributed by atoms with van der Waals surface area (Å²) < 4.78 is 6.29. The maximum absolute atomic E-state index is 6.29. The van der Waals surface area contributed by atoms with Crippen LogP contribution >= 0.6 is 11.3 Å². The lowest BCUT2D eigenvalue weighted by molar-refractivity contribution is 0.549. The Hall–Kier alpha value is -3.31. The van der Waals surface area contributed by atoms with Crippen LogP contribution in [-0.2, 0) is 6.42 Å². The SMILES string of the molecule is C#Cc1cc(-c2ccc3oc(CCC(C)=C=C)c(-c4ccc(C)s4)c3c2)ccn1. The molecule has 4 aromatic rings. The molecule has 142 valence electrons. The minimum Gasteiger partial charge on any atom is -0.460 e. The standard InChI is InChI=1S/C26H21NOS/c1-5-17(3)7-10-24-26(25-12-8-18(4)29-25)22-16-19(9-11-23(22)28-24)20-13-14-27-21(6-2)15-20/h2,8-9,11-16H,1,7,10H2,3-4H3. The van der Waals surface area contributed by atoms with Crippen LogP contribution < -0.4 is 0 Å². The van der Waals surface area contributed by atoms with Gasteiger partial charge in [0, 0.05) is 33.3 Å². The van der Waals surface area contributed by atoms with Gasteiger partial charge in [0.2, 0.25) is 0 Å². The van der Waals surface area contributed by atoms with E-state index < -0.39 is 0 Å². The molecular weight excluding hydrogens is 374 g/mol. The average Bonchev–Trinajstić information content (AvgIpc) is 3.34. The molecular formula is C26H21NOS. The third-order valence-electron chi connectivity index (χ3n) is 5.02. The van der Waals surface area contributed by atoms with Gasteiger partial charge in [-0.1, -0.05) is 18.6 Å². The molecule has 0 N–H and O–H groups in total. The quantitative estimate of drug-likeness (QED) is 0.264. The van der Waals surface area contributed by atoms with Gasteiger partial charge in [-0.05, 0) is 73.4 Å². The van der Waals surface area contributed by atoms with Crippen LogP contribution in [0, 0.1) is 19.3 Å². The van der Waals surface area contributed by atoms with Crippen LogP contribution in [0.2, 0.25) is 0 Å². The lowest BCUT2D eigenvalue weighted by Crippen LogP contribution is -1.86. The van der Waals surface area contributed by atoms with Crippen molar-refractivity contribution in [3.05, 3.63) is 82.9 Å². The van der Waals surface area contributed by atoms with Crippen molar-refractivity contribution in [3.8, 4) is 33.9 Å². The number of hydrogen-bond acceptors (Lipinski definition) is 3. The Morgan fingerprint density at radius 2 is 2.00 bits per heavy atom. The van der Waals surface area contributed by atoms with Gasteiger partial charge in [0.15, 0.2) is 0 Å². The van der Waals surface area contributed by atoms with Gasteiger partial charge in [-0.2, -0.15) is 0 Å². The molecule has 4 rings (SSSR count). The van der Waals surface area contributed by atoms with E-state index in [0.717, 1.165) is 46.3 Å². The number of pyridine rings is 1. The van der Waals surface area contributed by atoms with Crippen molar-refractivity contribution in [2.45, 2.75) is 26.7 Å². The predicted molar refractivity (Wildman–Crippen MR) is 122 cm³/mol. The van der Waals surface area contributed by atoms with Crippen molar-refractivity contribution in [2.24, 2.45) is 0 Å². The van der Waals surface area contributed by atoms with Crippen LogP contribution in [0.3, 0.4) is 0 Å². The monoisotopic (exact) mass is 395 g/mol. The number of aromatic nitrogens is 1. The Balaban J connectivity index is 1.88. The summed E-state index contributed by atoms with van der Waals surface area (Å²) in [6.07, 6.45) is 8.98. The summed E-state index contributed by atoms with van der Waals surface area (Å²) in [6.45, 7) is 7.93. The van der Waals surface area contributed by atoms with E-state index in [1.54, 1.807) is 17.5 Å². The summed E-state index contributed by atoms with van der Waals surface area (Å²) in [5.41, 5.74) is 8.98. The topological polar surface area (TPSA) is 26.0 Å². The van der Waals surface area contributed by atoms with Crippen LogP contribution in [0.25, 0.3) is 32.5 Å². The first kappa shape index (κ1) is 19.0. The van der Waals surface area contributed by atoms with Crippen molar-refractivity contribution in [3.63, 3.8) is 0 Å². The Bertz CT molecular complexity index is 1290. The number of nitrogens with zero attached hydrogens (tertiary/aromatic N) is 1. The molecule has 0 fully saturated rings. The maximum Gasteiger partial charge on any atom is 0.135 e. The Morgan fingerprint density at radius 3 is 2.72 bits per heavy atom. The number of terminal acetylenes is 1. The van der Waals surface area contributed by atoms with E-state index in [9.17, 15) is 0 Å². The molecule has 2 nitrogen and oxygen atoms in total.